The minimum absolute atomic E-state index is 0.0471. The Balaban J connectivity index is 3.57. The number of ether oxygens (including phenoxy) is 1. The highest BCUT2D eigenvalue weighted by molar-refractivity contribution is 5.69. The average molecular weight is 162 g/mol. The van der Waals surface area contributed by atoms with E-state index in [9.17, 15) is 4.79 Å². The van der Waals surface area contributed by atoms with E-state index >= 15 is 0 Å². The first-order chi connectivity index (χ1) is 5.07. The second kappa shape index (κ2) is 5.09. The van der Waals surface area contributed by atoms with Gasteiger partial charge in [-0.3, -0.25) is 4.79 Å². The van der Waals surface area contributed by atoms with Gasteiger partial charge in [0.2, 0.25) is 0 Å². The Morgan fingerprint density at radius 3 is 2.45 bits per heavy atom. The summed E-state index contributed by atoms with van der Waals surface area (Å²) < 4.78 is 4.60. The van der Waals surface area contributed by atoms with Crippen molar-refractivity contribution in [1.29, 1.82) is 0 Å². The maximum Gasteiger partial charge on any atom is 0.306 e. The summed E-state index contributed by atoms with van der Waals surface area (Å²) in [6.07, 6.45) is -1.40. The zero-order valence-corrected chi connectivity index (χ0v) is 6.78. The van der Waals surface area contributed by atoms with E-state index in [1.165, 1.54) is 0 Å². The lowest BCUT2D eigenvalue weighted by atomic mass is 10.1. The Morgan fingerprint density at radius 2 is 2.09 bits per heavy atom. The predicted molar refractivity (Wildman–Crippen MR) is 38.6 cm³/mol. The van der Waals surface area contributed by atoms with Crippen LogP contribution in [0, 0.1) is 5.92 Å². The van der Waals surface area contributed by atoms with E-state index < -0.39 is 18.2 Å². The predicted octanol–water partition coefficient (Wildman–Crippen LogP) is -0.114. The Bertz CT molecular complexity index is 122. The Hall–Kier alpha value is -0.610. The molecule has 1 unspecified atom stereocenters. The van der Waals surface area contributed by atoms with Crippen LogP contribution in [0.4, 0.5) is 0 Å². The third-order valence-electron chi connectivity index (χ3n) is 1.30. The Morgan fingerprint density at radius 1 is 1.55 bits per heavy atom. The molecular weight excluding hydrogens is 148 g/mol. The number of hydrogen-bond acceptors (Lipinski definition) is 4. The quantitative estimate of drug-likeness (QED) is 0.447. The highest BCUT2D eigenvalue weighted by Crippen LogP contribution is 2.06. The van der Waals surface area contributed by atoms with Gasteiger partial charge in [-0.2, -0.15) is 0 Å². The van der Waals surface area contributed by atoms with E-state index in [1.807, 2.05) is 0 Å². The van der Waals surface area contributed by atoms with E-state index in [0.29, 0.717) is 6.61 Å². The fraction of sp³-hybridized carbons (Fsp3) is 0.857. The average Bonchev–Trinajstić information content (AvgIpc) is 1.87. The minimum Gasteiger partial charge on any atom is -0.466 e. The van der Waals surface area contributed by atoms with Gasteiger partial charge in [-0.05, 0) is 6.92 Å². The highest BCUT2D eigenvalue weighted by atomic mass is 16.5. The summed E-state index contributed by atoms with van der Waals surface area (Å²) in [6.45, 7) is 3.60. The van der Waals surface area contributed by atoms with Crippen molar-refractivity contribution in [2.45, 2.75) is 26.6 Å². The molecule has 0 aliphatic carbocycles. The molecule has 66 valence electrons. The minimum atomic E-state index is -1.44. The molecule has 1 atom stereocenters. The summed E-state index contributed by atoms with van der Waals surface area (Å²) in [5.74, 6) is -0.859. The van der Waals surface area contributed by atoms with Crippen LogP contribution in [0.5, 0.6) is 0 Å². The molecule has 0 radical (unpaired) electrons. The third-order valence-corrected chi connectivity index (χ3v) is 1.30. The fourth-order valence-electron chi connectivity index (χ4n) is 0.588. The molecule has 2 N–H and O–H groups in total. The largest absolute Gasteiger partial charge is 0.466 e. The number of aliphatic hydroxyl groups excluding tert-OH is 1. The van der Waals surface area contributed by atoms with Gasteiger partial charge in [0.15, 0.2) is 6.29 Å². The maximum atomic E-state index is 10.7. The molecule has 11 heavy (non-hydrogen) atoms. The summed E-state index contributed by atoms with van der Waals surface area (Å²) in [5.41, 5.74) is 0. The monoisotopic (exact) mass is 162 g/mol. The summed E-state index contributed by atoms with van der Waals surface area (Å²) >= 11 is 0. The van der Waals surface area contributed by atoms with Crippen molar-refractivity contribution in [3.63, 3.8) is 0 Å². The van der Waals surface area contributed by atoms with Crippen molar-refractivity contribution in [2.24, 2.45) is 5.92 Å². The van der Waals surface area contributed by atoms with Gasteiger partial charge < -0.3 is 14.9 Å². The van der Waals surface area contributed by atoms with Gasteiger partial charge >= 0.3 is 5.97 Å². The van der Waals surface area contributed by atoms with E-state index in [4.69, 9.17) is 10.2 Å². The van der Waals surface area contributed by atoms with Crippen LogP contribution in [0.25, 0.3) is 0 Å². The molecule has 0 aromatic heterocycles. The summed E-state index contributed by atoms with van der Waals surface area (Å²) in [6, 6.07) is 0. The van der Waals surface area contributed by atoms with E-state index in [1.54, 1.807) is 13.8 Å². The van der Waals surface area contributed by atoms with Gasteiger partial charge in [-0.15, -0.1) is 0 Å². The molecule has 0 aliphatic rings. The molecule has 0 aromatic rings. The smallest absolute Gasteiger partial charge is 0.306 e. The second-order valence-corrected chi connectivity index (χ2v) is 2.40. The molecule has 0 saturated heterocycles. The van der Waals surface area contributed by atoms with Crippen LogP contribution in [-0.4, -0.2) is 29.1 Å². The molecule has 4 heteroatoms. The lowest BCUT2D eigenvalue weighted by Crippen LogP contribution is -2.20. The molecular formula is C7H14O4. The molecule has 0 heterocycles. The number of rotatable bonds is 4. The van der Waals surface area contributed by atoms with E-state index in [-0.39, 0.29) is 6.42 Å². The third kappa shape index (κ3) is 4.75. The van der Waals surface area contributed by atoms with Crippen LogP contribution in [0.1, 0.15) is 20.3 Å². The first-order valence-corrected chi connectivity index (χ1v) is 3.59. The fourth-order valence-corrected chi connectivity index (χ4v) is 0.588. The Labute approximate surface area is 65.8 Å². The zero-order chi connectivity index (χ0) is 8.85. The first kappa shape index (κ1) is 10.4. The van der Waals surface area contributed by atoms with Crippen molar-refractivity contribution in [2.75, 3.05) is 6.61 Å². The van der Waals surface area contributed by atoms with Crippen LogP contribution in [0.15, 0.2) is 0 Å². The van der Waals surface area contributed by atoms with Gasteiger partial charge in [0.05, 0.1) is 13.0 Å². The summed E-state index contributed by atoms with van der Waals surface area (Å²) in [4.78, 5) is 10.7. The van der Waals surface area contributed by atoms with Gasteiger partial charge in [-0.25, -0.2) is 0 Å². The highest BCUT2D eigenvalue weighted by Gasteiger charge is 2.15. The van der Waals surface area contributed by atoms with Gasteiger partial charge in [0.1, 0.15) is 0 Å². The molecule has 0 amide bonds. The lowest BCUT2D eigenvalue weighted by Gasteiger charge is -2.11. The van der Waals surface area contributed by atoms with Gasteiger partial charge in [0, 0.05) is 5.92 Å². The number of aliphatic hydroxyl groups is 2. The molecule has 0 saturated carbocycles. The van der Waals surface area contributed by atoms with E-state index in [2.05, 4.69) is 4.74 Å². The number of esters is 1. The molecule has 0 spiro atoms. The lowest BCUT2D eigenvalue weighted by molar-refractivity contribution is -0.149. The normalized spacial score (nSPS) is 13.2. The topological polar surface area (TPSA) is 66.8 Å². The van der Waals surface area contributed by atoms with Crippen molar-refractivity contribution in [3.8, 4) is 0 Å². The SMILES string of the molecule is CCOC(=O)CC(C)C(O)O. The van der Waals surface area contributed by atoms with Crippen molar-refractivity contribution >= 4 is 5.97 Å². The van der Waals surface area contributed by atoms with Crippen LogP contribution in [0.3, 0.4) is 0 Å². The first-order valence-electron chi connectivity index (χ1n) is 3.59. The van der Waals surface area contributed by atoms with Gasteiger partial charge in [-0.1, -0.05) is 6.92 Å². The molecule has 0 aromatic carbocycles. The van der Waals surface area contributed by atoms with E-state index in [0.717, 1.165) is 0 Å². The number of hydrogen-bond donors (Lipinski definition) is 2. The van der Waals surface area contributed by atoms with Crippen molar-refractivity contribution in [3.05, 3.63) is 0 Å². The molecule has 0 fully saturated rings. The summed E-state index contributed by atoms with van der Waals surface area (Å²) in [7, 11) is 0. The van der Waals surface area contributed by atoms with Crippen LogP contribution < -0.4 is 0 Å². The van der Waals surface area contributed by atoms with Crippen LogP contribution in [0.2, 0.25) is 0 Å². The number of carbonyl (C=O) groups is 1. The maximum absolute atomic E-state index is 10.7. The Kier molecular flexibility index (Phi) is 4.81. The molecule has 4 nitrogen and oxygen atoms in total. The van der Waals surface area contributed by atoms with Gasteiger partial charge in [0.25, 0.3) is 0 Å². The molecule has 0 rings (SSSR count). The second-order valence-electron chi connectivity index (χ2n) is 2.40. The zero-order valence-electron chi connectivity index (χ0n) is 6.78. The van der Waals surface area contributed by atoms with Crippen LogP contribution in [-0.2, 0) is 9.53 Å². The standard InChI is InChI=1S/C7H14O4/c1-3-11-6(8)4-5(2)7(9)10/h5,7,9-10H,3-4H2,1-2H3. The number of carbonyl (C=O) groups excluding carboxylic acids is 1. The van der Waals surface area contributed by atoms with Crippen LogP contribution >= 0.6 is 0 Å². The van der Waals surface area contributed by atoms with Crippen molar-refractivity contribution in [1.82, 2.24) is 0 Å². The summed E-state index contributed by atoms with van der Waals surface area (Å²) in [5, 5.41) is 17.2. The van der Waals surface area contributed by atoms with Crippen molar-refractivity contribution < 1.29 is 19.7 Å². The molecule has 0 bridgehead atoms. The molecule has 0 aliphatic heterocycles.